The van der Waals surface area contributed by atoms with Crippen LogP contribution in [0.15, 0.2) is 36.4 Å². The Morgan fingerprint density at radius 1 is 1.04 bits per heavy atom. The summed E-state index contributed by atoms with van der Waals surface area (Å²) in [4.78, 5) is 0. The standard InChI is InChI=1S/C21H25NO3/c1-13-6-8-17-16(11-13)21-15(5-4-10-25-21)20(22-17)14-7-9-18(23-2)19(12-14)24-3/h6-9,11-12,15,20-22H,4-5,10H2,1-3H3. The van der Waals surface area contributed by atoms with Gasteiger partial charge in [0.1, 0.15) is 0 Å². The summed E-state index contributed by atoms with van der Waals surface area (Å²) in [5.74, 6) is 1.94. The van der Waals surface area contributed by atoms with Gasteiger partial charge in [0.15, 0.2) is 11.5 Å². The molecule has 4 rings (SSSR count). The molecule has 25 heavy (non-hydrogen) atoms. The molecule has 2 aromatic rings. The number of nitrogens with one attached hydrogen (secondary N) is 1. The molecule has 1 fully saturated rings. The maximum Gasteiger partial charge on any atom is 0.161 e. The lowest BCUT2D eigenvalue weighted by Crippen LogP contribution is -2.36. The van der Waals surface area contributed by atoms with Crippen LogP contribution in [0.5, 0.6) is 11.5 Å². The summed E-state index contributed by atoms with van der Waals surface area (Å²) in [6.07, 6.45) is 2.42. The van der Waals surface area contributed by atoms with E-state index in [0.717, 1.165) is 30.9 Å². The van der Waals surface area contributed by atoms with Crippen LogP contribution in [0.2, 0.25) is 0 Å². The third kappa shape index (κ3) is 2.85. The van der Waals surface area contributed by atoms with Crippen LogP contribution in [0, 0.1) is 12.8 Å². The second kappa shape index (κ2) is 6.60. The van der Waals surface area contributed by atoms with Gasteiger partial charge in [0.05, 0.1) is 26.4 Å². The van der Waals surface area contributed by atoms with Crippen LogP contribution in [-0.4, -0.2) is 20.8 Å². The zero-order chi connectivity index (χ0) is 17.4. The Morgan fingerprint density at radius 3 is 2.68 bits per heavy atom. The highest BCUT2D eigenvalue weighted by Crippen LogP contribution is 2.49. The average Bonchev–Trinajstić information content (AvgIpc) is 2.67. The number of ether oxygens (including phenoxy) is 3. The molecule has 4 heteroatoms. The van der Waals surface area contributed by atoms with E-state index in [9.17, 15) is 0 Å². The Kier molecular flexibility index (Phi) is 4.30. The van der Waals surface area contributed by atoms with Crippen LogP contribution in [0.25, 0.3) is 0 Å². The molecule has 0 aromatic heterocycles. The molecule has 0 saturated carbocycles. The minimum absolute atomic E-state index is 0.156. The summed E-state index contributed by atoms with van der Waals surface area (Å²) in [6, 6.07) is 13.0. The van der Waals surface area contributed by atoms with Crippen molar-refractivity contribution < 1.29 is 14.2 Å². The van der Waals surface area contributed by atoms with Crippen molar-refractivity contribution in [1.82, 2.24) is 0 Å². The minimum Gasteiger partial charge on any atom is -0.493 e. The largest absolute Gasteiger partial charge is 0.493 e. The van der Waals surface area contributed by atoms with Gasteiger partial charge < -0.3 is 19.5 Å². The number of hydrogen-bond acceptors (Lipinski definition) is 4. The molecule has 2 heterocycles. The predicted molar refractivity (Wildman–Crippen MR) is 98.5 cm³/mol. The van der Waals surface area contributed by atoms with E-state index in [-0.39, 0.29) is 12.1 Å². The Labute approximate surface area is 149 Å². The van der Waals surface area contributed by atoms with Crippen molar-refractivity contribution in [2.75, 3.05) is 26.1 Å². The topological polar surface area (TPSA) is 39.7 Å². The van der Waals surface area contributed by atoms with Gasteiger partial charge in [0.25, 0.3) is 0 Å². The van der Waals surface area contributed by atoms with Crippen molar-refractivity contribution in [1.29, 1.82) is 0 Å². The van der Waals surface area contributed by atoms with Gasteiger partial charge in [0, 0.05) is 23.8 Å². The highest BCUT2D eigenvalue weighted by molar-refractivity contribution is 5.59. The molecule has 2 aliphatic heterocycles. The maximum atomic E-state index is 6.22. The first kappa shape index (κ1) is 16.3. The third-order valence-electron chi connectivity index (χ3n) is 5.39. The lowest BCUT2D eigenvalue weighted by atomic mass is 9.77. The second-order valence-corrected chi connectivity index (χ2v) is 6.92. The summed E-state index contributed by atoms with van der Waals surface area (Å²) in [7, 11) is 3.35. The van der Waals surface area contributed by atoms with Gasteiger partial charge >= 0.3 is 0 Å². The van der Waals surface area contributed by atoms with Crippen LogP contribution in [0.3, 0.4) is 0 Å². The maximum absolute atomic E-state index is 6.22. The molecule has 0 radical (unpaired) electrons. The number of fused-ring (bicyclic) bond motifs is 3. The van der Waals surface area contributed by atoms with E-state index in [1.165, 1.54) is 22.4 Å². The van der Waals surface area contributed by atoms with E-state index in [4.69, 9.17) is 14.2 Å². The molecule has 4 nitrogen and oxygen atoms in total. The van der Waals surface area contributed by atoms with E-state index in [1.54, 1.807) is 14.2 Å². The monoisotopic (exact) mass is 339 g/mol. The highest BCUT2D eigenvalue weighted by Gasteiger charge is 2.40. The molecular formula is C21H25NO3. The molecular weight excluding hydrogens is 314 g/mol. The minimum atomic E-state index is 0.156. The van der Waals surface area contributed by atoms with Crippen LogP contribution in [0.4, 0.5) is 5.69 Å². The first-order valence-electron chi connectivity index (χ1n) is 8.92. The van der Waals surface area contributed by atoms with Gasteiger partial charge in [0.2, 0.25) is 0 Å². The van der Waals surface area contributed by atoms with Gasteiger partial charge in [-0.1, -0.05) is 23.8 Å². The number of hydrogen-bond donors (Lipinski definition) is 1. The SMILES string of the molecule is COc1ccc(C2Nc3ccc(C)cc3C3OCCCC23)cc1OC. The van der Waals surface area contributed by atoms with E-state index in [1.807, 2.05) is 6.07 Å². The van der Waals surface area contributed by atoms with Crippen molar-refractivity contribution in [2.45, 2.75) is 31.9 Å². The quantitative estimate of drug-likeness (QED) is 0.884. The fourth-order valence-corrected chi connectivity index (χ4v) is 4.17. The van der Waals surface area contributed by atoms with Crippen molar-refractivity contribution in [2.24, 2.45) is 5.92 Å². The Hall–Kier alpha value is -2.20. The van der Waals surface area contributed by atoms with Crippen molar-refractivity contribution in [3.05, 3.63) is 53.1 Å². The first-order valence-corrected chi connectivity index (χ1v) is 8.92. The smallest absolute Gasteiger partial charge is 0.161 e. The first-order chi connectivity index (χ1) is 12.2. The van der Waals surface area contributed by atoms with E-state index >= 15 is 0 Å². The predicted octanol–water partition coefficient (Wildman–Crippen LogP) is 4.65. The molecule has 1 N–H and O–H groups in total. The van der Waals surface area contributed by atoms with Crippen molar-refractivity contribution in [3.63, 3.8) is 0 Å². The van der Waals surface area contributed by atoms with Gasteiger partial charge in [-0.05, 0) is 43.5 Å². The zero-order valence-corrected chi connectivity index (χ0v) is 15.0. The number of anilines is 1. The molecule has 0 bridgehead atoms. The average molecular weight is 339 g/mol. The molecule has 3 atom stereocenters. The second-order valence-electron chi connectivity index (χ2n) is 6.92. The van der Waals surface area contributed by atoms with E-state index in [0.29, 0.717) is 5.92 Å². The van der Waals surface area contributed by atoms with Gasteiger partial charge in [-0.3, -0.25) is 0 Å². The Balaban J connectivity index is 1.76. The molecule has 2 aliphatic rings. The zero-order valence-electron chi connectivity index (χ0n) is 15.0. The third-order valence-corrected chi connectivity index (χ3v) is 5.39. The summed E-state index contributed by atoms with van der Waals surface area (Å²) >= 11 is 0. The van der Waals surface area contributed by atoms with E-state index < -0.39 is 0 Å². The summed E-state index contributed by atoms with van der Waals surface area (Å²) in [5, 5.41) is 3.75. The number of rotatable bonds is 3. The molecule has 0 spiro atoms. The molecule has 0 aliphatic carbocycles. The Morgan fingerprint density at radius 2 is 1.88 bits per heavy atom. The van der Waals surface area contributed by atoms with Gasteiger partial charge in [-0.2, -0.15) is 0 Å². The summed E-state index contributed by atoms with van der Waals surface area (Å²) < 4.78 is 17.1. The fourth-order valence-electron chi connectivity index (χ4n) is 4.17. The molecule has 2 aromatic carbocycles. The molecule has 132 valence electrons. The molecule has 0 amide bonds. The van der Waals surface area contributed by atoms with Crippen LogP contribution in [0.1, 0.15) is 41.7 Å². The summed E-state index contributed by atoms with van der Waals surface area (Å²) in [5.41, 5.74) is 4.96. The van der Waals surface area contributed by atoms with Crippen LogP contribution < -0.4 is 14.8 Å². The number of methoxy groups -OCH3 is 2. The molecule has 3 unspecified atom stereocenters. The van der Waals surface area contributed by atoms with Gasteiger partial charge in [-0.25, -0.2) is 0 Å². The fraction of sp³-hybridized carbons (Fsp3) is 0.429. The van der Waals surface area contributed by atoms with Gasteiger partial charge in [-0.15, -0.1) is 0 Å². The normalized spacial score (nSPS) is 24.7. The lowest BCUT2D eigenvalue weighted by molar-refractivity contribution is -0.0381. The number of aryl methyl sites for hydroxylation is 1. The molecule has 1 saturated heterocycles. The number of benzene rings is 2. The van der Waals surface area contributed by atoms with Crippen LogP contribution >= 0.6 is 0 Å². The lowest BCUT2D eigenvalue weighted by Gasteiger charge is -2.43. The Bertz CT molecular complexity index is 774. The highest BCUT2D eigenvalue weighted by atomic mass is 16.5. The summed E-state index contributed by atoms with van der Waals surface area (Å²) in [6.45, 7) is 2.98. The van der Waals surface area contributed by atoms with Crippen molar-refractivity contribution >= 4 is 5.69 Å². The van der Waals surface area contributed by atoms with E-state index in [2.05, 4.69) is 42.6 Å². The van der Waals surface area contributed by atoms with Crippen LogP contribution in [-0.2, 0) is 4.74 Å². The van der Waals surface area contributed by atoms with Crippen molar-refractivity contribution in [3.8, 4) is 11.5 Å².